The molecular weight excluding hydrogens is 202 g/mol. The topological polar surface area (TPSA) is 107 Å². The summed E-state index contributed by atoms with van der Waals surface area (Å²) in [6.07, 6.45) is 0.895. The Balaban J connectivity index is 4.50. The summed E-state index contributed by atoms with van der Waals surface area (Å²) in [5.41, 5.74) is -1.27. The number of aliphatic hydroxyl groups excluding tert-OH is 2. The van der Waals surface area contributed by atoms with Crippen LogP contribution >= 0.6 is 0 Å². The van der Waals surface area contributed by atoms with Crippen molar-refractivity contribution in [1.29, 1.82) is 0 Å². The maximum atomic E-state index is 11.2. The lowest BCUT2D eigenvalue weighted by Gasteiger charge is -2.25. The fourth-order valence-corrected chi connectivity index (χ4v) is 0.721. The maximum Gasteiger partial charge on any atom is 0.331 e. The molecule has 0 saturated carbocycles. The predicted molar refractivity (Wildman–Crippen MR) is 52.1 cm³/mol. The lowest BCUT2D eigenvalue weighted by atomic mass is 10.1. The van der Waals surface area contributed by atoms with Crippen molar-refractivity contribution in [3.8, 4) is 0 Å². The minimum absolute atomic E-state index is 0.120. The molecule has 0 rings (SSSR count). The molecule has 86 valence electrons. The third kappa shape index (κ3) is 4.57. The zero-order valence-electron chi connectivity index (χ0n) is 8.65. The van der Waals surface area contributed by atoms with Crippen LogP contribution in [0, 0.1) is 0 Å². The number of carbonyl (C=O) groups is 2. The molecule has 0 atom stereocenters. The molecule has 0 spiro atoms. The smallest absolute Gasteiger partial charge is 0.331 e. The van der Waals surface area contributed by atoms with E-state index >= 15 is 0 Å². The van der Waals surface area contributed by atoms with Gasteiger partial charge in [0, 0.05) is 11.6 Å². The van der Waals surface area contributed by atoms with Gasteiger partial charge in [-0.2, -0.15) is 0 Å². The van der Waals surface area contributed by atoms with Crippen LogP contribution in [0.1, 0.15) is 13.8 Å². The van der Waals surface area contributed by atoms with E-state index in [2.05, 4.69) is 5.32 Å². The number of carboxylic acid groups (broad SMARTS) is 1. The van der Waals surface area contributed by atoms with E-state index in [9.17, 15) is 9.59 Å². The molecule has 0 aromatic heterocycles. The molecule has 0 aromatic carbocycles. The number of amides is 1. The van der Waals surface area contributed by atoms with Gasteiger partial charge in [0.2, 0.25) is 5.91 Å². The predicted octanol–water partition coefficient (Wildman–Crippen LogP) is -1.12. The number of nitrogens with one attached hydrogen (secondary N) is 1. The Bertz CT molecular complexity index is 280. The van der Waals surface area contributed by atoms with Gasteiger partial charge in [-0.1, -0.05) is 0 Å². The average molecular weight is 217 g/mol. The number of rotatable bonds is 5. The molecule has 0 unspecified atom stereocenters. The number of carbonyl (C=O) groups excluding carboxylic acids is 1. The third-order valence-electron chi connectivity index (χ3n) is 1.81. The molecule has 15 heavy (non-hydrogen) atoms. The second kappa shape index (κ2) is 5.47. The number of hydrogen-bond acceptors (Lipinski definition) is 4. The number of carboxylic acids is 1. The Morgan fingerprint density at radius 1 is 1.33 bits per heavy atom. The Hall–Kier alpha value is -1.40. The van der Waals surface area contributed by atoms with Gasteiger partial charge in [-0.3, -0.25) is 4.79 Å². The molecule has 0 bridgehead atoms. The van der Waals surface area contributed by atoms with E-state index in [4.69, 9.17) is 15.3 Å². The van der Waals surface area contributed by atoms with Crippen molar-refractivity contribution in [1.82, 2.24) is 5.32 Å². The van der Waals surface area contributed by atoms with Crippen LogP contribution in [-0.4, -0.2) is 45.9 Å². The number of hydrogen-bond donors (Lipinski definition) is 4. The summed E-state index contributed by atoms with van der Waals surface area (Å²) < 4.78 is 0. The van der Waals surface area contributed by atoms with Crippen LogP contribution in [-0.2, 0) is 9.59 Å². The summed E-state index contributed by atoms with van der Waals surface area (Å²) in [6, 6.07) is 0. The van der Waals surface area contributed by atoms with Crippen LogP contribution in [0.3, 0.4) is 0 Å². The van der Waals surface area contributed by atoms with Gasteiger partial charge in [0.15, 0.2) is 0 Å². The van der Waals surface area contributed by atoms with Gasteiger partial charge in [0.05, 0.1) is 18.8 Å². The Kier molecular flexibility index (Phi) is 4.96. The summed E-state index contributed by atoms with van der Waals surface area (Å²) in [5.74, 6) is -1.86. The highest BCUT2D eigenvalue weighted by atomic mass is 16.4. The molecule has 4 N–H and O–H groups in total. The highest BCUT2D eigenvalue weighted by molar-refractivity contribution is 5.97. The van der Waals surface area contributed by atoms with Gasteiger partial charge in [-0.05, 0) is 13.8 Å². The van der Waals surface area contributed by atoms with Crippen molar-refractivity contribution in [2.75, 3.05) is 13.2 Å². The average Bonchev–Trinajstić information content (AvgIpc) is 2.17. The summed E-state index contributed by atoms with van der Waals surface area (Å²) in [4.78, 5) is 21.6. The number of aliphatic carboxylic acids is 1. The Morgan fingerprint density at radius 3 is 2.13 bits per heavy atom. The minimum Gasteiger partial charge on any atom is -0.478 e. The quantitative estimate of drug-likeness (QED) is 0.436. The largest absolute Gasteiger partial charge is 0.478 e. The molecule has 0 aliphatic rings. The molecule has 0 saturated heterocycles. The van der Waals surface area contributed by atoms with Crippen molar-refractivity contribution in [2.24, 2.45) is 0 Å². The van der Waals surface area contributed by atoms with Crippen LogP contribution in [0.15, 0.2) is 11.6 Å². The first-order chi connectivity index (χ1) is 6.84. The highest BCUT2D eigenvalue weighted by Crippen LogP contribution is 2.01. The molecular formula is C9H15NO5. The summed E-state index contributed by atoms with van der Waals surface area (Å²) >= 11 is 0. The van der Waals surface area contributed by atoms with Gasteiger partial charge >= 0.3 is 5.97 Å². The van der Waals surface area contributed by atoms with Crippen LogP contribution in [0.2, 0.25) is 0 Å². The van der Waals surface area contributed by atoms with Gasteiger partial charge in [-0.15, -0.1) is 0 Å². The zero-order chi connectivity index (χ0) is 12.1. The van der Waals surface area contributed by atoms with E-state index in [1.54, 1.807) is 0 Å². The van der Waals surface area contributed by atoms with E-state index in [1.165, 1.54) is 13.8 Å². The van der Waals surface area contributed by atoms with Crippen LogP contribution in [0.4, 0.5) is 0 Å². The fraction of sp³-hybridized carbons (Fsp3) is 0.556. The van der Waals surface area contributed by atoms with Gasteiger partial charge in [0.1, 0.15) is 0 Å². The molecule has 1 amide bonds. The molecule has 6 heteroatoms. The molecule has 6 nitrogen and oxygen atoms in total. The van der Waals surface area contributed by atoms with Crippen molar-refractivity contribution < 1.29 is 24.9 Å². The van der Waals surface area contributed by atoms with E-state index in [0.717, 1.165) is 6.08 Å². The molecule has 0 aliphatic heterocycles. The van der Waals surface area contributed by atoms with Crippen LogP contribution in [0.5, 0.6) is 0 Å². The summed E-state index contributed by atoms with van der Waals surface area (Å²) in [5, 5.41) is 28.5. The molecule has 0 radical (unpaired) electrons. The first-order valence-electron chi connectivity index (χ1n) is 4.30. The normalized spacial score (nSPS) is 12.4. The van der Waals surface area contributed by atoms with E-state index in [0.29, 0.717) is 0 Å². The zero-order valence-corrected chi connectivity index (χ0v) is 8.65. The highest BCUT2D eigenvalue weighted by Gasteiger charge is 2.23. The van der Waals surface area contributed by atoms with Gasteiger partial charge in [-0.25, -0.2) is 4.79 Å². The molecule has 0 aromatic rings. The van der Waals surface area contributed by atoms with Crippen molar-refractivity contribution in [3.63, 3.8) is 0 Å². The summed E-state index contributed by atoms with van der Waals surface area (Å²) in [7, 11) is 0. The standard InChI is InChI=1S/C9H15NO5/c1-6(8(14)15)3-7(13)10-9(2,4-11)5-12/h3,11-12H,4-5H2,1-2H3,(H,10,13)(H,14,15). The van der Waals surface area contributed by atoms with E-state index in [1.807, 2.05) is 0 Å². The first-order valence-corrected chi connectivity index (χ1v) is 4.30. The first kappa shape index (κ1) is 13.6. The maximum absolute atomic E-state index is 11.2. The van der Waals surface area contributed by atoms with Crippen molar-refractivity contribution in [2.45, 2.75) is 19.4 Å². The van der Waals surface area contributed by atoms with E-state index in [-0.39, 0.29) is 5.57 Å². The van der Waals surface area contributed by atoms with Gasteiger partial charge < -0.3 is 20.6 Å². The number of aliphatic hydroxyl groups is 2. The van der Waals surface area contributed by atoms with Crippen molar-refractivity contribution in [3.05, 3.63) is 11.6 Å². The summed E-state index contributed by atoms with van der Waals surface area (Å²) in [6.45, 7) is 1.84. The van der Waals surface area contributed by atoms with Crippen molar-refractivity contribution >= 4 is 11.9 Å². The van der Waals surface area contributed by atoms with Crippen LogP contribution < -0.4 is 5.32 Å². The monoisotopic (exact) mass is 217 g/mol. The third-order valence-corrected chi connectivity index (χ3v) is 1.81. The van der Waals surface area contributed by atoms with Crippen LogP contribution in [0.25, 0.3) is 0 Å². The Labute approximate surface area is 87.2 Å². The molecule has 0 aliphatic carbocycles. The fourth-order valence-electron chi connectivity index (χ4n) is 0.721. The second-order valence-electron chi connectivity index (χ2n) is 3.50. The van der Waals surface area contributed by atoms with E-state index < -0.39 is 30.6 Å². The second-order valence-corrected chi connectivity index (χ2v) is 3.50. The molecule has 0 heterocycles. The lowest BCUT2D eigenvalue weighted by molar-refractivity contribution is -0.133. The SMILES string of the molecule is CC(=CC(=O)NC(C)(CO)CO)C(=O)O. The Morgan fingerprint density at radius 2 is 1.80 bits per heavy atom. The molecule has 0 fully saturated rings. The lowest BCUT2D eigenvalue weighted by Crippen LogP contribution is -2.51. The van der Waals surface area contributed by atoms with Gasteiger partial charge in [0.25, 0.3) is 0 Å². The minimum atomic E-state index is -1.19.